The second-order valence-electron chi connectivity index (χ2n) is 6.20. The van der Waals surface area contributed by atoms with Gasteiger partial charge < -0.3 is 15.5 Å². The molecule has 2 aromatic rings. The molecule has 0 fully saturated rings. The summed E-state index contributed by atoms with van der Waals surface area (Å²) in [7, 11) is 0. The molecule has 2 aliphatic rings. The highest BCUT2D eigenvalue weighted by molar-refractivity contribution is 7.16. The first kappa shape index (κ1) is 16.5. The highest BCUT2D eigenvalue weighted by Crippen LogP contribution is 2.45. The fourth-order valence-corrected chi connectivity index (χ4v) is 4.70. The van der Waals surface area contributed by atoms with Crippen molar-refractivity contribution in [3.63, 3.8) is 0 Å². The summed E-state index contributed by atoms with van der Waals surface area (Å²) in [5.74, 6) is -2.46. The lowest BCUT2D eigenvalue weighted by Gasteiger charge is -2.22. The number of hydrogen-bond acceptors (Lipinski definition) is 5. The molecule has 26 heavy (non-hydrogen) atoms. The van der Waals surface area contributed by atoms with Gasteiger partial charge >= 0.3 is 11.9 Å². The molecule has 2 heterocycles. The van der Waals surface area contributed by atoms with Gasteiger partial charge in [0.25, 0.3) is 0 Å². The minimum Gasteiger partial charge on any atom is -0.477 e. The van der Waals surface area contributed by atoms with Gasteiger partial charge in [0.05, 0.1) is 5.70 Å². The maximum absolute atomic E-state index is 11.7. The molecule has 1 aromatic heterocycles. The zero-order chi connectivity index (χ0) is 18.3. The molecular formula is C19H16N2O4S. The number of benzene rings is 1. The van der Waals surface area contributed by atoms with Crippen LogP contribution in [0.4, 0.5) is 5.00 Å². The lowest BCUT2D eigenvalue weighted by molar-refractivity contribution is -0.140. The largest absolute Gasteiger partial charge is 0.477 e. The van der Waals surface area contributed by atoms with Crippen molar-refractivity contribution in [1.82, 2.24) is 5.32 Å². The molecule has 0 spiro atoms. The van der Waals surface area contributed by atoms with Crippen LogP contribution in [-0.2, 0) is 22.4 Å². The normalized spacial score (nSPS) is 15.4. The molecule has 1 aliphatic carbocycles. The number of nitrogens with zero attached hydrogens (tertiary/aromatic N) is 1. The summed E-state index contributed by atoms with van der Waals surface area (Å²) in [6.07, 6.45) is 3.83. The number of aliphatic imine (C=N–C) groups is 1. The van der Waals surface area contributed by atoms with Crippen LogP contribution in [0.15, 0.2) is 40.9 Å². The van der Waals surface area contributed by atoms with E-state index in [1.165, 1.54) is 16.2 Å². The summed E-state index contributed by atoms with van der Waals surface area (Å²) in [4.78, 5) is 29.2. The number of carboxylic acid groups (broad SMARTS) is 2. The van der Waals surface area contributed by atoms with Crippen molar-refractivity contribution in [2.75, 3.05) is 0 Å². The van der Waals surface area contributed by atoms with Gasteiger partial charge in [0, 0.05) is 16.0 Å². The van der Waals surface area contributed by atoms with Gasteiger partial charge in [-0.15, -0.1) is 11.3 Å². The average Bonchev–Trinajstić information content (AvgIpc) is 3.00. The van der Waals surface area contributed by atoms with Crippen LogP contribution in [0.2, 0.25) is 0 Å². The number of nitrogens with one attached hydrogen (secondary N) is 1. The van der Waals surface area contributed by atoms with Gasteiger partial charge in [0.1, 0.15) is 10.8 Å². The molecule has 0 unspecified atom stereocenters. The third-order valence-corrected chi connectivity index (χ3v) is 5.77. The molecule has 132 valence electrons. The Hall–Kier alpha value is -2.93. The number of amidine groups is 1. The molecule has 7 heteroatoms. The van der Waals surface area contributed by atoms with Gasteiger partial charge in [0.15, 0.2) is 5.57 Å². The van der Waals surface area contributed by atoms with Crippen molar-refractivity contribution < 1.29 is 19.8 Å². The lowest BCUT2D eigenvalue weighted by Crippen LogP contribution is -2.30. The summed E-state index contributed by atoms with van der Waals surface area (Å²) in [5.41, 5.74) is 1.94. The zero-order valence-corrected chi connectivity index (χ0v) is 14.6. The number of carbonyl (C=O) groups is 2. The van der Waals surface area contributed by atoms with Crippen molar-refractivity contribution in [2.45, 2.75) is 25.7 Å². The molecule has 0 saturated carbocycles. The Morgan fingerprint density at radius 1 is 1.04 bits per heavy atom. The smallest absolute Gasteiger partial charge is 0.345 e. The van der Waals surface area contributed by atoms with Crippen LogP contribution in [0.25, 0.3) is 5.70 Å². The van der Waals surface area contributed by atoms with E-state index in [1.54, 1.807) is 0 Å². The Labute approximate surface area is 153 Å². The van der Waals surface area contributed by atoms with E-state index in [0.717, 1.165) is 36.8 Å². The van der Waals surface area contributed by atoms with Crippen molar-refractivity contribution in [3.8, 4) is 0 Å². The van der Waals surface area contributed by atoms with Crippen LogP contribution in [0, 0.1) is 0 Å². The van der Waals surface area contributed by atoms with Gasteiger partial charge in [-0.25, -0.2) is 14.6 Å². The maximum Gasteiger partial charge on any atom is 0.345 e. The standard InChI is InChI=1S/C19H16N2O4S/c22-18(23)14(19(24)25)15-13-11-8-4-5-9-12(11)26-17(13)21-16(20-15)10-6-2-1-3-7-10/h1-3,6-7H,4-5,8-9H2,(H,20,21)(H,22,23)(H,24,25). The summed E-state index contributed by atoms with van der Waals surface area (Å²) in [6.45, 7) is 0. The third kappa shape index (κ3) is 2.70. The first-order valence-electron chi connectivity index (χ1n) is 8.33. The number of fused-ring (bicyclic) bond motifs is 3. The summed E-state index contributed by atoms with van der Waals surface area (Å²) in [5, 5.41) is 22.7. The van der Waals surface area contributed by atoms with E-state index < -0.39 is 17.5 Å². The van der Waals surface area contributed by atoms with Crippen LogP contribution in [-0.4, -0.2) is 28.0 Å². The van der Waals surface area contributed by atoms with E-state index in [4.69, 9.17) is 0 Å². The number of carboxylic acids is 2. The Morgan fingerprint density at radius 3 is 2.42 bits per heavy atom. The molecule has 0 atom stereocenters. The van der Waals surface area contributed by atoms with Gasteiger partial charge in [-0.2, -0.15) is 0 Å². The summed E-state index contributed by atoms with van der Waals surface area (Å²) < 4.78 is 0. The number of aliphatic carboxylic acids is 2. The molecule has 3 N–H and O–H groups in total. The Morgan fingerprint density at radius 2 is 1.73 bits per heavy atom. The zero-order valence-electron chi connectivity index (χ0n) is 13.8. The molecule has 1 aliphatic heterocycles. The second-order valence-corrected chi connectivity index (χ2v) is 7.29. The molecule has 4 rings (SSSR count). The van der Waals surface area contributed by atoms with E-state index in [9.17, 15) is 19.8 Å². The molecule has 1 aromatic carbocycles. The van der Waals surface area contributed by atoms with E-state index in [2.05, 4.69) is 10.3 Å². The molecule has 6 nitrogen and oxygen atoms in total. The van der Waals surface area contributed by atoms with Crippen LogP contribution < -0.4 is 5.32 Å². The number of aryl methyl sites for hydroxylation is 1. The monoisotopic (exact) mass is 368 g/mol. The Bertz CT molecular complexity index is 957. The number of hydrogen-bond donors (Lipinski definition) is 3. The van der Waals surface area contributed by atoms with Crippen LogP contribution >= 0.6 is 11.3 Å². The molecule has 0 amide bonds. The van der Waals surface area contributed by atoms with Gasteiger partial charge in [-0.1, -0.05) is 30.3 Å². The second kappa shape index (κ2) is 6.42. The number of rotatable bonds is 3. The first-order chi connectivity index (χ1) is 12.6. The summed E-state index contributed by atoms with van der Waals surface area (Å²) in [6, 6.07) is 9.28. The minimum atomic E-state index is -1.46. The van der Waals surface area contributed by atoms with Gasteiger partial charge in [-0.3, -0.25) is 0 Å². The average molecular weight is 368 g/mol. The van der Waals surface area contributed by atoms with E-state index in [1.807, 2.05) is 30.3 Å². The predicted octanol–water partition coefficient (Wildman–Crippen LogP) is 3.19. The fourth-order valence-electron chi connectivity index (χ4n) is 3.42. The highest BCUT2D eigenvalue weighted by Gasteiger charge is 2.33. The topological polar surface area (TPSA) is 99.0 Å². The molecule has 0 radical (unpaired) electrons. The first-order valence-corrected chi connectivity index (χ1v) is 9.15. The third-order valence-electron chi connectivity index (χ3n) is 4.58. The fraction of sp³-hybridized carbons (Fsp3) is 0.211. The van der Waals surface area contributed by atoms with Gasteiger partial charge in [0.2, 0.25) is 0 Å². The van der Waals surface area contributed by atoms with Crippen molar-refractivity contribution in [2.24, 2.45) is 4.99 Å². The Kier molecular flexibility index (Phi) is 4.08. The molecule has 0 saturated heterocycles. The molecular weight excluding hydrogens is 352 g/mol. The van der Waals surface area contributed by atoms with Crippen molar-refractivity contribution in [3.05, 3.63) is 57.5 Å². The van der Waals surface area contributed by atoms with Crippen molar-refractivity contribution in [1.29, 1.82) is 0 Å². The maximum atomic E-state index is 11.7. The van der Waals surface area contributed by atoms with Crippen LogP contribution in [0.1, 0.15) is 34.4 Å². The number of thiophene rings is 1. The van der Waals surface area contributed by atoms with Gasteiger partial charge in [-0.05, 0) is 31.2 Å². The highest BCUT2D eigenvalue weighted by atomic mass is 32.1. The van der Waals surface area contributed by atoms with Crippen LogP contribution in [0.3, 0.4) is 0 Å². The minimum absolute atomic E-state index is 0.133. The lowest BCUT2D eigenvalue weighted by atomic mass is 9.92. The van der Waals surface area contributed by atoms with Crippen molar-refractivity contribution >= 4 is 39.8 Å². The summed E-state index contributed by atoms with van der Waals surface area (Å²) >= 11 is 1.53. The van der Waals surface area contributed by atoms with E-state index >= 15 is 0 Å². The quantitative estimate of drug-likeness (QED) is 0.439. The predicted molar refractivity (Wildman–Crippen MR) is 98.9 cm³/mol. The SMILES string of the molecule is O=C(O)C(C(=O)O)=C1NC(c2ccccc2)=Nc2sc3c(c21)CCCC3. The Balaban J connectivity index is 1.98. The van der Waals surface area contributed by atoms with Crippen LogP contribution in [0.5, 0.6) is 0 Å². The molecule has 0 bridgehead atoms. The van der Waals surface area contributed by atoms with E-state index in [0.29, 0.717) is 16.4 Å². The van der Waals surface area contributed by atoms with E-state index in [-0.39, 0.29) is 5.70 Å².